The van der Waals surface area contributed by atoms with E-state index in [-0.39, 0.29) is 6.04 Å². The third kappa shape index (κ3) is 12.4. The maximum Gasteiger partial charge on any atom is 0.412 e. The van der Waals surface area contributed by atoms with Gasteiger partial charge in [0.25, 0.3) is 0 Å². The van der Waals surface area contributed by atoms with E-state index in [1.165, 1.54) is 0 Å². The molecule has 0 radical (unpaired) electrons. The van der Waals surface area contributed by atoms with Crippen LogP contribution in [0.3, 0.4) is 0 Å². The third-order valence-electron chi connectivity index (χ3n) is 7.09. The van der Waals surface area contributed by atoms with E-state index in [1.807, 2.05) is 84.1 Å². The van der Waals surface area contributed by atoms with Gasteiger partial charge < -0.3 is 23.8 Å². The maximum atomic E-state index is 13.1. The minimum Gasteiger partial charge on any atom is -0.420 e. The van der Waals surface area contributed by atoms with Gasteiger partial charge in [0.15, 0.2) is 0 Å². The van der Waals surface area contributed by atoms with Crippen LogP contribution in [0, 0.1) is 0 Å². The highest BCUT2D eigenvalue weighted by molar-refractivity contribution is 7.10. The first-order chi connectivity index (χ1) is 22.3. The Hall–Kier alpha value is -2.78. The minimum atomic E-state index is -0.688. The molecule has 9 nitrogen and oxygen atoms in total. The van der Waals surface area contributed by atoms with Gasteiger partial charge in [-0.05, 0) is 86.6 Å². The Morgan fingerprint density at radius 3 is 1.20 bits per heavy atom. The Balaban J connectivity index is 1.18. The van der Waals surface area contributed by atoms with Crippen LogP contribution in [-0.4, -0.2) is 72.8 Å². The van der Waals surface area contributed by atoms with Crippen molar-refractivity contribution in [1.29, 1.82) is 0 Å². The van der Waals surface area contributed by atoms with E-state index in [9.17, 15) is 9.59 Å². The van der Waals surface area contributed by atoms with Gasteiger partial charge in [-0.3, -0.25) is 9.80 Å². The van der Waals surface area contributed by atoms with Crippen molar-refractivity contribution in [3.8, 4) is 0 Å². The zero-order valence-electron chi connectivity index (χ0n) is 26.7. The normalized spacial score (nSPS) is 13.3. The molecule has 0 N–H and O–H groups in total. The number of carbonyl (C=O) groups excluding carboxylic acids is 2. The Bertz CT molecular complexity index is 1210. The molecule has 2 amide bonds. The lowest BCUT2D eigenvalue weighted by molar-refractivity contribution is -0.110. The van der Waals surface area contributed by atoms with Gasteiger partial charge >= 0.3 is 12.2 Å². The summed E-state index contributed by atoms with van der Waals surface area (Å²) in [5.41, 5.74) is 0. The van der Waals surface area contributed by atoms with Gasteiger partial charge in [0.2, 0.25) is 12.6 Å². The number of thiophene rings is 4. The van der Waals surface area contributed by atoms with Crippen LogP contribution < -0.4 is 0 Å². The van der Waals surface area contributed by atoms with Crippen molar-refractivity contribution in [2.75, 3.05) is 27.3 Å². The van der Waals surface area contributed by atoms with Crippen LogP contribution in [0.25, 0.3) is 0 Å². The second kappa shape index (κ2) is 19.1. The lowest BCUT2D eigenvalue weighted by atomic mass is 10.1. The molecule has 46 heavy (non-hydrogen) atoms. The Morgan fingerprint density at radius 1 is 0.609 bits per heavy atom. The molecule has 0 spiro atoms. The molecule has 4 aromatic heterocycles. The Morgan fingerprint density at radius 2 is 0.935 bits per heavy atom. The van der Waals surface area contributed by atoms with Crippen molar-refractivity contribution in [3.63, 3.8) is 0 Å². The first-order valence-electron chi connectivity index (χ1n) is 15.2. The van der Waals surface area contributed by atoms with Gasteiger partial charge in [0.1, 0.15) is 0 Å². The fourth-order valence-electron chi connectivity index (χ4n) is 4.63. The zero-order valence-corrected chi connectivity index (χ0v) is 30.0. The van der Waals surface area contributed by atoms with E-state index >= 15 is 0 Å². The summed E-state index contributed by atoms with van der Waals surface area (Å²) >= 11 is 6.46. The number of hydrogen-bond donors (Lipinski definition) is 0. The van der Waals surface area contributed by atoms with E-state index in [1.54, 1.807) is 69.0 Å². The van der Waals surface area contributed by atoms with E-state index in [0.717, 1.165) is 32.4 Å². The van der Waals surface area contributed by atoms with Crippen molar-refractivity contribution in [2.45, 2.75) is 71.5 Å². The van der Waals surface area contributed by atoms with E-state index < -0.39 is 24.8 Å². The molecule has 0 fully saturated rings. The molecule has 2 atom stereocenters. The summed E-state index contributed by atoms with van der Waals surface area (Å²) in [4.78, 5) is 36.0. The van der Waals surface area contributed by atoms with Gasteiger partial charge in [0.05, 0.1) is 39.4 Å². The van der Waals surface area contributed by atoms with Crippen molar-refractivity contribution in [2.24, 2.45) is 0 Å². The van der Waals surface area contributed by atoms with Gasteiger partial charge in [0, 0.05) is 25.6 Å². The average Bonchev–Trinajstić information content (AvgIpc) is 3.85. The predicted molar refractivity (Wildman–Crippen MR) is 186 cm³/mol. The van der Waals surface area contributed by atoms with Crippen molar-refractivity contribution in [3.05, 3.63) is 89.6 Å². The topological polar surface area (TPSA) is 80.8 Å². The molecule has 0 aliphatic heterocycles. The predicted octanol–water partition coefficient (Wildman–Crippen LogP) is 8.35. The van der Waals surface area contributed by atoms with Crippen molar-refractivity contribution >= 4 is 57.5 Å². The molecule has 4 rings (SSSR count). The molecule has 0 saturated carbocycles. The largest absolute Gasteiger partial charge is 0.420 e. The van der Waals surface area contributed by atoms with Crippen LogP contribution in [0.4, 0.5) is 9.59 Å². The van der Waals surface area contributed by atoms with Gasteiger partial charge in [-0.15, -0.1) is 45.3 Å². The van der Waals surface area contributed by atoms with E-state index in [4.69, 9.17) is 18.9 Å². The zero-order chi connectivity index (χ0) is 32.7. The summed E-state index contributed by atoms with van der Waals surface area (Å²) in [7, 11) is 4.02. The van der Waals surface area contributed by atoms with Crippen LogP contribution in [-0.2, 0) is 45.1 Å². The SMILES string of the molecule is CC(OCCC(CCOC(C)OC(=O)N(Cc1cccs1)Cc1cccs1)N(C)C)OC(=O)N(Cc1cccs1)Cc1cccs1. The van der Waals surface area contributed by atoms with Crippen LogP contribution in [0.15, 0.2) is 70.1 Å². The Kier molecular flexibility index (Phi) is 15.0. The molecule has 0 bridgehead atoms. The lowest BCUT2D eigenvalue weighted by Crippen LogP contribution is -2.35. The van der Waals surface area contributed by atoms with Crippen LogP contribution >= 0.6 is 45.3 Å². The molecular weight excluding hydrogens is 663 g/mol. The van der Waals surface area contributed by atoms with E-state index in [0.29, 0.717) is 39.4 Å². The summed E-state index contributed by atoms with van der Waals surface area (Å²) < 4.78 is 23.1. The number of nitrogens with zero attached hydrogens (tertiary/aromatic N) is 3. The Labute approximate surface area is 287 Å². The molecule has 0 aliphatic rings. The summed E-state index contributed by atoms with van der Waals surface area (Å²) in [5, 5.41) is 8.01. The standard InChI is InChI=1S/C33H43N3O6S4/c1-25(41-32(37)35(21-28-9-5-17-43-28)22-29-10-6-18-44-29)39-15-13-27(34(3)4)14-16-40-26(2)42-33(38)36(23-30-11-7-19-45-30)24-31-12-8-20-46-31/h5-12,17-20,25-27H,13-16,21-24H2,1-4H3. The number of rotatable bonds is 19. The number of carbonyl (C=O) groups is 2. The molecular formula is C33H43N3O6S4. The average molecular weight is 706 g/mol. The highest BCUT2D eigenvalue weighted by Crippen LogP contribution is 2.20. The highest BCUT2D eigenvalue weighted by atomic mass is 32.1. The smallest absolute Gasteiger partial charge is 0.412 e. The summed E-state index contributed by atoms with van der Waals surface area (Å²) in [5.74, 6) is 0. The molecule has 4 aromatic rings. The van der Waals surface area contributed by atoms with Crippen LogP contribution in [0.1, 0.15) is 46.2 Å². The van der Waals surface area contributed by atoms with Crippen molar-refractivity contribution < 1.29 is 28.5 Å². The van der Waals surface area contributed by atoms with Gasteiger partial charge in [-0.25, -0.2) is 9.59 Å². The number of hydrogen-bond acceptors (Lipinski definition) is 11. The first-order valence-corrected chi connectivity index (χ1v) is 18.7. The van der Waals surface area contributed by atoms with Crippen molar-refractivity contribution in [1.82, 2.24) is 14.7 Å². The lowest BCUT2D eigenvalue weighted by Gasteiger charge is -2.27. The second-order valence-electron chi connectivity index (χ2n) is 10.9. The third-order valence-corrected chi connectivity index (χ3v) is 10.5. The molecule has 0 aromatic carbocycles. The fourth-order valence-corrected chi connectivity index (χ4v) is 7.51. The summed E-state index contributed by atoms with van der Waals surface area (Å²) in [6.45, 7) is 6.26. The second-order valence-corrected chi connectivity index (χ2v) is 15.0. The first kappa shape index (κ1) is 36.1. The molecule has 2 unspecified atom stereocenters. The van der Waals surface area contributed by atoms with Crippen LogP contribution in [0.2, 0.25) is 0 Å². The minimum absolute atomic E-state index is 0.161. The monoisotopic (exact) mass is 705 g/mol. The maximum absolute atomic E-state index is 13.1. The quantitative estimate of drug-likeness (QED) is 0.0908. The number of amides is 2. The molecule has 13 heteroatoms. The highest BCUT2D eigenvalue weighted by Gasteiger charge is 2.22. The molecule has 0 saturated heterocycles. The number of ether oxygens (including phenoxy) is 4. The molecule has 0 aliphatic carbocycles. The van der Waals surface area contributed by atoms with Gasteiger partial charge in [-0.2, -0.15) is 0 Å². The van der Waals surface area contributed by atoms with Gasteiger partial charge in [-0.1, -0.05) is 24.3 Å². The fraction of sp³-hybridized carbons (Fsp3) is 0.455. The van der Waals surface area contributed by atoms with Crippen LogP contribution in [0.5, 0.6) is 0 Å². The molecule has 250 valence electrons. The summed E-state index contributed by atoms with van der Waals surface area (Å²) in [6, 6.07) is 16.1. The molecule has 4 heterocycles. The summed E-state index contributed by atoms with van der Waals surface area (Å²) in [6.07, 6.45) is -0.747. The van der Waals surface area contributed by atoms with E-state index in [2.05, 4.69) is 4.90 Å².